The van der Waals surface area contributed by atoms with Crippen molar-refractivity contribution in [3.63, 3.8) is 0 Å². The minimum absolute atomic E-state index is 0.0943. The molecule has 0 bridgehead atoms. The van der Waals surface area contributed by atoms with Crippen LogP contribution in [-0.4, -0.2) is 35.0 Å². The molecule has 18 heavy (non-hydrogen) atoms. The zero-order chi connectivity index (χ0) is 13.4. The summed E-state index contributed by atoms with van der Waals surface area (Å²) in [4.78, 5) is 24.0. The monoisotopic (exact) mass is 249 g/mol. The predicted octanol–water partition coefficient (Wildman–Crippen LogP) is 1.94. The molecule has 1 amide bonds. The van der Waals surface area contributed by atoms with Crippen LogP contribution in [0, 0.1) is 0 Å². The van der Waals surface area contributed by atoms with Gasteiger partial charge in [-0.2, -0.15) is 0 Å². The van der Waals surface area contributed by atoms with Crippen LogP contribution in [0.25, 0.3) is 0 Å². The first kappa shape index (κ1) is 14.2. The molecule has 0 heterocycles. The number of amides is 1. The average molecular weight is 249 g/mol. The normalized spacial score (nSPS) is 10.1. The Balaban J connectivity index is 2.48. The Morgan fingerprint density at radius 2 is 1.89 bits per heavy atom. The van der Waals surface area contributed by atoms with Gasteiger partial charge in [0, 0.05) is 13.0 Å². The molecular formula is C14H19NO3. The molecule has 98 valence electrons. The molecule has 1 N–H and O–H groups in total. The molecule has 1 aromatic rings. The van der Waals surface area contributed by atoms with Crippen molar-refractivity contribution in [3.05, 3.63) is 35.9 Å². The second-order valence-corrected chi connectivity index (χ2v) is 4.19. The second kappa shape index (κ2) is 7.48. The van der Waals surface area contributed by atoms with E-state index in [4.69, 9.17) is 5.11 Å². The Morgan fingerprint density at radius 1 is 1.22 bits per heavy atom. The maximum absolute atomic E-state index is 11.9. The molecule has 0 saturated heterocycles. The SMILES string of the molecule is CCCN(CC(=O)O)C(=O)CCc1ccccc1. The molecule has 0 aromatic heterocycles. The molecule has 0 aliphatic heterocycles. The van der Waals surface area contributed by atoms with Gasteiger partial charge in [0.1, 0.15) is 6.54 Å². The Hall–Kier alpha value is -1.84. The molecule has 4 heteroatoms. The number of carboxylic acid groups (broad SMARTS) is 1. The summed E-state index contributed by atoms with van der Waals surface area (Å²) in [5.74, 6) is -1.06. The number of carbonyl (C=O) groups is 2. The molecule has 0 atom stereocenters. The van der Waals surface area contributed by atoms with Gasteiger partial charge in [-0.05, 0) is 18.4 Å². The number of nitrogens with zero attached hydrogens (tertiary/aromatic N) is 1. The number of carboxylic acids is 1. The van der Waals surface area contributed by atoms with Crippen molar-refractivity contribution in [2.24, 2.45) is 0 Å². The zero-order valence-electron chi connectivity index (χ0n) is 10.6. The lowest BCUT2D eigenvalue weighted by Crippen LogP contribution is -2.36. The van der Waals surface area contributed by atoms with Gasteiger partial charge in [-0.3, -0.25) is 9.59 Å². The summed E-state index contributed by atoms with van der Waals surface area (Å²) in [6.07, 6.45) is 1.78. The van der Waals surface area contributed by atoms with Gasteiger partial charge < -0.3 is 10.0 Å². The van der Waals surface area contributed by atoms with E-state index in [1.54, 1.807) is 0 Å². The topological polar surface area (TPSA) is 57.6 Å². The second-order valence-electron chi connectivity index (χ2n) is 4.19. The molecule has 1 rings (SSSR count). The Morgan fingerprint density at radius 3 is 2.44 bits per heavy atom. The first-order valence-corrected chi connectivity index (χ1v) is 6.17. The summed E-state index contributed by atoms with van der Waals surface area (Å²) in [6.45, 7) is 2.22. The zero-order valence-corrected chi connectivity index (χ0v) is 10.6. The first-order chi connectivity index (χ1) is 8.63. The highest BCUT2D eigenvalue weighted by Crippen LogP contribution is 2.05. The third kappa shape index (κ3) is 4.99. The summed E-state index contributed by atoms with van der Waals surface area (Å²) in [5, 5.41) is 8.75. The van der Waals surface area contributed by atoms with Crippen molar-refractivity contribution in [1.29, 1.82) is 0 Å². The van der Waals surface area contributed by atoms with Crippen LogP contribution < -0.4 is 0 Å². The van der Waals surface area contributed by atoms with Gasteiger partial charge in [0.05, 0.1) is 0 Å². The molecular weight excluding hydrogens is 230 g/mol. The van der Waals surface area contributed by atoms with Crippen LogP contribution in [-0.2, 0) is 16.0 Å². The van der Waals surface area contributed by atoms with E-state index in [0.29, 0.717) is 19.4 Å². The Kier molecular flexibility index (Phi) is 5.91. The highest BCUT2D eigenvalue weighted by Gasteiger charge is 2.15. The average Bonchev–Trinajstić information content (AvgIpc) is 2.36. The van der Waals surface area contributed by atoms with Crippen molar-refractivity contribution >= 4 is 11.9 Å². The van der Waals surface area contributed by atoms with Crippen LogP contribution in [0.15, 0.2) is 30.3 Å². The van der Waals surface area contributed by atoms with Crippen molar-refractivity contribution in [1.82, 2.24) is 4.90 Å². The molecule has 0 aliphatic rings. The molecule has 0 unspecified atom stereocenters. The van der Waals surface area contributed by atoms with E-state index in [9.17, 15) is 9.59 Å². The molecule has 0 spiro atoms. The number of aryl methyl sites for hydroxylation is 1. The van der Waals surface area contributed by atoms with Crippen LogP contribution in [0.2, 0.25) is 0 Å². The van der Waals surface area contributed by atoms with E-state index in [-0.39, 0.29) is 12.5 Å². The van der Waals surface area contributed by atoms with Crippen molar-refractivity contribution in [2.45, 2.75) is 26.2 Å². The van der Waals surface area contributed by atoms with Gasteiger partial charge in [0.25, 0.3) is 0 Å². The smallest absolute Gasteiger partial charge is 0.323 e. The summed E-state index contributed by atoms with van der Waals surface area (Å²) in [5.41, 5.74) is 1.10. The Labute approximate surface area is 107 Å². The van der Waals surface area contributed by atoms with Crippen LogP contribution in [0.4, 0.5) is 0 Å². The number of hydrogen-bond donors (Lipinski definition) is 1. The van der Waals surface area contributed by atoms with Crippen molar-refractivity contribution in [3.8, 4) is 0 Å². The van der Waals surface area contributed by atoms with Crippen LogP contribution >= 0.6 is 0 Å². The molecule has 0 aliphatic carbocycles. The molecule has 0 fully saturated rings. The lowest BCUT2D eigenvalue weighted by Gasteiger charge is -2.19. The van der Waals surface area contributed by atoms with Gasteiger partial charge >= 0.3 is 5.97 Å². The summed E-state index contributed by atoms with van der Waals surface area (Å²) in [7, 11) is 0. The number of benzene rings is 1. The van der Waals surface area contributed by atoms with Gasteiger partial charge in [-0.25, -0.2) is 0 Å². The first-order valence-electron chi connectivity index (χ1n) is 6.17. The summed E-state index contributed by atoms with van der Waals surface area (Å²) in [6, 6.07) is 9.73. The lowest BCUT2D eigenvalue weighted by molar-refractivity contribution is -0.144. The highest BCUT2D eigenvalue weighted by molar-refractivity contribution is 5.81. The predicted molar refractivity (Wildman–Crippen MR) is 69.3 cm³/mol. The lowest BCUT2D eigenvalue weighted by atomic mass is 10.1. The van der Waals surface area contributed by atoms with Crippen LogP contribution in [0.1, 0.15) is 25.3 Å². The third-order valence-corrected chi connectivity index (χ3v) is 2.64. The van der Waals surface area contributed by atoms with Gasteiger partial charge in [0.2, 0.25) is 5.91 Å². The van der Waals surface area contributed by atoms with E-state index >= 15 is 0 Å². The molecule has 0 radical (unpaired) electrons. The fraction of sp³-hybridized carbons (Fsp3) is 0.429. The van der Waals surface area contributed by atoms with Crippen molar-refractivity contribution in [2.75, 3.05) is 13.1 Å². The quantitative estimate of drug-likeness (QED) is 0.803. The van der Waals surface area contributed by atoms with Gasteiger partial charge in [0.15, 0.2) is 0 Å². The summed E-state index contributed by atoms with van der Waals surface area (Å²) >= 11 is 0. The van der Waals surface area contributed by atoms with Crippen LogP contribution in [0.3, 0.4) is 0 Å². The molecule has 4 nitrogen and oxygen atoms in total. The Bertz CT molecular complexity index is 389. The van der Waals surface area contributed by atoms with Gasteiger partial charge in [-0.1, -0.05) is 37.3 Å². The highest BCUT2D eigenvalue weighted by atomic mass is 16.4. The molecule has 1 aromatic carbocycles. The largest absolute Gasteiger partial charge is 0.480 e. The van der Waals surface area contributed by atoms with Gasteiger partial charge in [-0.15, -0.1) is 0 Å². The number of aliphatic carboxylic acids is 1. The van der Waals surface area contributed by atoms with E-state index in [2.05, 4.69) is 0 Å². The molecule has 0 saturated carbocycles. The minimum Gasteiger partial charge on any atom is -0.480 e. The van der Waals surface area contributed by atoms with E-state index in [0.717, 1.165) is 12.0 Å². The third-order valence-electron chi connectivity index (χ3n) is 2.64. The maximum atomic E-state index is 11.9. The summed E-state index contributed by atoms with van der Waals surface area (Å²) < 4.78 is 0. The van der Waals surface area contributed by atoms with E-state index in [1.165, 1.54) is 4.90 Å². The van der Waals surface area contributed by atoms with E-state index < -0.39 is 5.97 Å². The number of rotatable bonds is 7. The van der Waals surface area contributed by atoms with E-state index in [1.807, 2.05) is 37.3 Å². The van der Waals surface area contributed by atoms with Crippen LogP contribution in [0.5, 0.6) is 0 Å². The number of carbonyl (C=O) groups excluding carboxylic acids is 1. The maximum Gasteiger partial charge on any atom is 0.323 e. The standard InChI is InChI=1S/C14H19NO3/c1-2-10-15(11-14(17)18)13(16)9-8-12-6-4-3-5-7-12/h3-7H,2,8-11H2,1H3,(H,17,18). The minimum atomic E-state index is -0.962. The fourth-order valence-electron chi connectivity index (χ4n) is 1.78. The number of hydrogen-bond acceptors (Lipinski definition) is 2. The fourth-order valence-corrected chi connectivity index (χ4v) is 1.78. The van der Waals surface area contributed by atoms with Crippen molar-refractivity contribution < 1.29 is 14.7 Å².